The number of benzene rings is 2. The van der Waals surface area contributed by atoms with Gasteiger partial charge in [-0.2, -0.15) is 0 Å². The average molecular weight is 421 g/mol. The number of hydrogen-bond acceptors (Lipinski definition) is 5. The van der Waals surface area contributed by atoms with Gasteiger partial charge in [-0.25, -0.2) is 4.98 Å². The lowest BCUT2D eigenvalue weighted by atomic mass is 9.77. The van der Waals surface area contributed by atoms with Crippen LogP contribution in [-0.4, -0.2) is 53.0 Å². The summed E-state index contributed by atoms with van der Waals surface area (Å²) >= 11 is 0. The third-order valence-corrected chi connectivity index (χ3v) is 5.83. The Labute approximate surface area is 181 Å². The molecule has 0 bridgehead atoms. The number of hydrogen-bond donors (Lipinski definition) is 1. The van der Waals surface area contributed by atoms with Gasteiger partial charge in [0, 0.05) is 18.7 Å². The van der Waals surface area contributed by atoms with Crippen LogP contribution in [0.5, 0.6) is 5.75 Å². The summed E-state index contributed by atoms with van der Waals surface area (Å²) in [5, 5.41) is 0. The fourth-order valence-corrected chi connectivity index (χ4v) is 4.19. The van der Waals surface area contributed by atoms with Crippen LogP contribution in [-0.2, 0) is 9.53 Å². The molecular weight excluding hydrogens is 394 g/mol. The summed E-state index contributed by atoms with van der Waals surface area (Å²) in [6.07, 6.45) is 3.51. The molecule has 0 radical (unpaired) electrons. The van der Waals surface area contributed by atoms with Crippen LogP contribution in [0.2, 0.25) is 0 Å². The minimum atomic E-state index is -0.767. The second-order valence-electron chi connectivity index (χ2n) is 7.88. The van der Waals surface area contributed by atoms with Gasteiger partial charge in [0.2, 0.25) is 0 Å². The minimum absolute atomic E-state index is 0.0890. The first kappa shape index (κ1) is 20.9. The molecule has 0 saturated carbocycles. The normalized spacial score (nSPS) is 18.7. The molecule has 1 fully saturated rings. The highest BCUT2D eigenvalue weighted by Gasteiger charge is 2.44. The number of para-hydroxylation sites is 1. The van der Waals surface area contributed by atoms with Crippen molar-refractivity contribution in [1.29, 1.82) is 0 Å². The summed E-state index contributed by atoms with van der Waals surface area (Å²) in [5.74, 6) is 0.417. The van der Waals surface area contributed by atoms with Crippen molar-refractivity contribution in [3.05, 3.63) is 60.4 Å². The number of ether oxygens (including phenoxy) is 2. The maximum absolute atomic E-state index is 13.2. The standard InChI is InChI=1S/C24H27N3O4/c1-2-30-23(29)24(12-14-31-19-7-4-3-5-8-19)11-6-13-27(16-24)22(28)18-9-10-20-21(15-18)26-17-25-20/h3-5,7-10,15,17H,2,6,11-14,16H2,1H3,(H,25,26). The number of fused-ring (bicyclic) bond motifs is 1. The number of aromatic amines is 1. The SMILES string of the molecule is CCOC(=O)C1(CCOc2ccccc2)CCCN(C(=O)c2ccc3nc[nH]c3c2)C1. The second kappa shape index (κ2) is 9.20. The summed E-state index contributed by atoms with van der Waals surface area (Å²) in [5.41, 5.74) is 1.44. The van der Waals surface area contributed by atoms with Gasteiger partial charge >= 0.3 is 5.97 Å². The zero-order valence-electron chi connectivity index (χ0n) is 17.7. The molecule has 1 aliphatic heterocycles. The number of carbonyl (C=O) groups excluding carboxylic acids is 2. The number of likely N-dealkylation sites (tertiary alicyclic amines) is 1. The van der Waals surface area contributed by atoms with Gasteiger partial charge < -0.3 is 19.4 Å². The number of carbonyl (C=O) groups is 2. The quantitative estimate of drug-likeness (QED) is 0.587. The number of piperidine rings is 1. The zero-order chi connectivity index (χ0) is 21.7. The first-order chi connectivity index (χ1) is 15.1. The summed E-state index contributed by atoms with van der Waals surface area (Å²) < 4.78 is 11.3. The third kappa shape index (κ3) is 4.55. The molecule has 7 heteroatoms. The Kier molecular flexibility index (Phi) is 6.21. The zero-order valence-corrected chi connectivity index (χ0v) is 17.7. The Morgan fingerprint density at radius 1 is 1.19 bits per heavy atom. The fourth-order valence-electron chi connectivity index (χ4n) is 4.19. The third-order valence-electron chi connectivity index (χ3n) is 5.83. The summed E-state index contributed by atoms with van der Waals surface area (Å²) in [7, 11) is 0. The first-order valence-electron chi connectivity index (χ1n) is 10.7. The van der Waals surface area contributed by atoms with E-state index in [2.05, 4.69) is 9.97 Å². The van der Waals surface area contributed by atoms with E-state index in [0.717, 1.165) is 23.2 Å². The predicted molar refractivity (Wildman–Crippen MR) is 117 cm³/mol. The number of amides is 1. The maximum Gasteiger partial charge on any atom is 0.314 e. The Hall–Kier alpha value is -3.35. The van der Waals surface area contributed by atoms with Crippen LogP contribution < -0.4 is 4.74 Å². The van der Waals surface area contributed by atoms with Gasteiger partial charge in [0.25, 0.3) is 5.91 Å². The molecule has 2 aromatic carbocycles. The number of nitrogens with zero attached hydrogens (tertiary/aromatic N) is 2. The lowest BCUT2D eigenvalue weighted by molar-refractivity contribution is -0.159. The van der Waals surface area contributed by atoms with Crippen LogP contribution in [0.15, 0.2) is 54.9 Å². The topological polar surface area (TPSA) is 84.5 Å². The molecule has 4 rings (SSSR count). The Bertz CT molecular complexity index is 1050. The second-order valence-corrected chi connectivity index (χ2v) is 7.88. The van der Waals surface area contributed by atoms with Crippen LogP contribution in [0.25, 0.3) is 11.0 Å². The van der Waals surface area contributed by atoms with Crippen molar-refractivity contribution in [3.63, 3.8) is 0 Å². The number of nitrogens with one attached hydrogen (secondary N) is 1. The molecule has 1 unspecified atom stereocenters. The summed E-state index contributed by atoms with van der Waals surface area (Å²) in [4.78, 5) is 35.2. The van der Waals surface area contributed by atoms with Crippen molar-refractivity contribution in [1.82, 2.24) is 14.9 Å². The number of aromatic nitrogens is 2. The van der Waals surface area contributed by atoms with Gasteiger partial charge in [-0.15, -0.1) is 0 Å². The number of H-pyrrole nitrogens is 1. The lowest BCUT2D eigenvalue weighted by Gasteiger charge is -2.41. The predicted octanol–water partition coefficient (Wildman–Crippen LogP) is 3.82. The monoisotopic (exact) mass is 421 g/mol. The van der Waals surface area contributed by atoms with Gasteiger partial charge in [-0.3, -0.25) is 9.59 Å². The van der Waals surface area contributed by atoms with E-state index in [1.54, 1.807) is 24.2 Å². The molecule has 162 valence electrons. The van der Waals surface area contributed by atoms with Gasteiger partial charge in [-0.05, 0) is 56.5 Å². The Balaban J connectivity index is 1.50. The van der Waals surface area contributed by atoms with Crippen LogP contribution in [0.4, 0.5) is 0 Å². The van der Waals surface area contributed by atoms with Crippen molar-refractivity contribution in [2.75, 3.05) is 26.3 Å². The molecule has 2 heterocycles. The van der Waals surface area contributed by atoms with E-state index in [9.17, 15) is 9.59 Å². The van der Waals surface area contributed by atoms with E-state index in [1.807, 2.05) is 42.5 Å². The highest BCUT2D eigenvalue weighted by atomic mass is 16.5. The molecule has 0 spiro atoms. The van der Waals surface area contributed by atoms with Crippen LogP contribution in [0, 0.1) is 5.41 Å². The van der Waals surface area contributed by atoms with Gasteiger partial charge in [-0.1, -0.05) is 18.2 Å². The van der Waals surface area contributed by atoms with E-state index in [4.69, 9.17) is 9.47 Å². The van der Waals surface area contributed by atoms with Crippen molar-refractivity contribution in [3.8, 4) is 5.75 Å². The minimum Gasteiger partial charge on any atom is -0.494 e. The van der Waals surface area contributed by atoms with Crippen LogP contribution >= 0.6 is 0 Å². The van der Waals surface area contributed by atoms with Crippen molar-refractivity contribution >= 4 is 22.9 Å². The average Bonchev–Trinajstić information content (AvgIpc) is 3.27. The molecular formula is C24H27N3O4. The molecule has 3 aromatic rings. The maximum atomic E-state index is 13.2. The summed E-state index contributed by atoms with van der Waals surface area (Å²) in [6.45, 7) is 3.43. The highest BCUT2D eigenvalue weighted by Crippen LogP contribution is 2.36. The largest absolute Gasteiger partial charge is 0.494 e. The molecule has 1 aromatic heterocycles. The van der Waals surface area contributed by atoms with E-state index in [-0.39, 0.29) is 11.9 Å². The van der Waals surface area contributed by atoms with E-state index >= 15 is 0 Å². The highest BCUT2D eigenvalue weighted by molar-refractivity contribution is 5.97. The van der Waals surface area contributed by atoms with Crippen LogP contribution in [0.1, 0.15) is 36.5 Å². The van der Waals surface area contributed by atoms with E-state index < -0.39 is 5.41 Å². The molecule has 1 atom stereocenters. The molecule has 1 N–H and O–H groups in total. The molecule has 0 aliphatic carbocycles. The smallest absolute Gasteiger partial charge is 0.314 e. The van der Waals surface area contributed by atoms with Gasteiger partial charge in [0.05, 0.1) is 36.0 Å². The van der Waals surface area contributed by atoms with Crippen LogP contribution in [0.3, 0.4) is 0 Å². The lowest BCUT2D eigenvalue weighted by Crippen LogP contribution is -2.51. The fraction of sp³-hybridized carbons (Fsp3) is 0.375. The summed E-state index contributed by atoms with van der Waals surface area (Å²) in [6, 6.07) is 14.9. The van der Waals surface area contributed by atoms with Crippen molar-refractivity contribution in [2.24, 2.45) is 5.41 Å². The van der Waals surface area contributed by atoms with E-state index in [1.165, 1.54) is 0 Å². The molecule has 1 amide bonds. The number of esters is 1. The Morgan fingerprint density at radius 2 is 2.03 bits per heavy atom. The molecule has 31 heavy (non-hydrogen) atoms. The Morgan fingerprint density at radius 3 is 2.84 bits per heavy atom. The molecule has 1 aliphatic rings. The van der Waals surface area contributed by atoms with Crippen molar-refractivity contribution in [2.45, 2.75) is 26.2 Å². The molecule has 7 nitrogen and oxygen atoms in total. The number of imidazole rings is 1. The van der Waals surface area contributed by atoms with Gasteiger partial charge in [0.1, 0.15) is 5.75 Å². The van der Waals surface area contributed by atoms with E-state index in [0.29, 0.717) is 44.7 Å². The molecule has 1 saturated heterocycles. The number of rotatable bonds is 7. The van der Waals surface area contributed by atoms with Gasteiger partial charge in [0.15, 0.2) is 0 Å². The first-order valence-corrected chi connectivity index (χ1v) is 10.7. The van der Waals surface area contributed by atoms with Crippen molar-refractivity contribution < 1.29 is 19.1 Å².